The quantitative estimate of drug-likeness (QED) is 0.472. The van der Waals surface area contributed by atoms with E-state index in [0.717, 1.165) is 28.8 Å². The SMILES string of the molecule is CCN(Cc1csc([N+](=O)[O-])c1)[C@@H](C)c1cc2ccccc2o1. The molecule has 120 valence electrons. The van der Waals surface area contributed by atoms with E-state index in [1.165, 1.54) is 11.3 Å². The van der Waals surface area contributed by atoms with Gasteiger partial charge < -0.3 is 4.42 Å². The summed E-state index contributed by atoms with van der Waals surface area (Å²) in [6, 6.07) is 11.8. The summed E-state index contributed by atoms with van der Waals surface area (Å²) in [5, 5.41) is 13.9. The van der Waals surface area contributed by atoms with Crippen LogP contribution in [0.2, 0.25) is 0 Å². The van der Waals surface area contributed by atoms with E-state index in [4.69, 9.17) is 4.42 Å². The molecule has 2 aromatic heterocycles. The molecule has 1 atom stereocenters. The maximum absolute atomic E-state index is 10.8. The largest absolute Gasteiger partial charge is 0.459 e. The number of hydrogen-bond acceptors (Lipinski definition) is 5. The highest BCUT2D eigenvalue weighted by atomic mass is 32.1. The van der Waals surface area contributed by atoms with Crippen molar-refractivity contribution in [1.82, 2.24) is 4.90 Å². The van der Waals surface area contributed by atoms with Gasteiger partial charge in [0, 0.05) is 23.4 Å². The fourth-order valence-corrected chi connectivity index (χ4v) is 3.41. The molecule has 0 saturated heterocycles. The maximum atomic E-state index is 10.8. The molecule has 0 amide bonds. The first kappa shape index (κ1) is 15.7. The molecule has 0 N–H and O–H groups in total. The van der Waals surface area contributed by atoms with Crippen LogP contribution in [0.1, 0.15) is 31.2 Å². The minimum absolute atomic E-state index is 0.103. The molecule has 3 rings (SSSR count). The molecule has 0 spiro atoms. The molecule has 0 saturated carbocycles. The van der Waals surface area contributed by atoms with Crippen molar-refractivity contribution < 1.29 is 9.34 Å². The topological polar surface area (TPSA) is 59.5 Å². The summed E-state index contributed by atoms with van der Waals surface area (Å²) in [6.07, 6.45) is 0. The first-order valence-corrected chi connectivity index (χ1v) is 8.40. The number of thiophene rings is 1. The van der Waals surface area contributed by atoms with Crippen LogP contribution < -0.4 is 0 Å². The van der Waals surface area contributed by atoms with Gasteiger partial charge in [0.1, 0.15) is 11.3 Å². The van der Waals surface area contributed by atoms with Gasteiger partial charge in [-0.15, -0.1) is 0 Å². The molecular formula is C17H18N2O3S. The molecular weight excluding hydrogens is 312 g/mol. The number of nitrogens with zero attached hydrogens (tertiary/aromatic N) is 2. The van der Waals surface area contributed by atoms with Gasteiger partial charge in [0.15, 0.2) is 0 Å². The van der Waals surface area contributed by atoms with Gasteiger partial charge in [-0.3, -0.25) is 15.0 Å². The van der Waals surface area contributed by atoms with Gasteiger partial charge >= 0.3 is 5.00 Å². The number of nitro groups is 1. The third-order valence-corrected chi connectivity index (χ3v) is 4.94. The number of benzene rings is 1. The standard InChI is InChI=1S/C17H18N2O3S/c1-3-18(10-13-8-17(19(20)21)23-11-13)12(2)16-9-14-6-4-5-7-15(14)22-16/h4-9,11-12H,3,10H2,1-2H3/t12-/m0/s1. The normalized spacial score (nSPS) is 12.8. The van der Waals surface area contributed by atoms with Crippen molar-refractivity contribution in [3.8, 4) is 0 Å². The number of rotatable bonds is 6. The first-order chi connectivity index (χ1) is 11.1. The number of para-hydroxylation sites is 1. The minimum Gasteiger partial charge on any atom is -0.459 e. The lowest BCUT2D eigenvalue weighted by Crippen LogP contribution is -2.25. The highest BCUT2D eigenvalue weighted by Crippen LogP contribution is 2.30. The van der Waals surface area contributed by atoms with Gasteiger partial charge in [-0.25, -0.2) is 0 Å². The van der Waals surface area contributed by atoms with E-state index in [1.54, 1.807) is 6.07 Å². The van der Waals surface area contributed by atoms with Crippen LogP contribution in [0.5, 0.6) is 0 Å². The summed E-state index contributed by atoms with van der Waals surface area (Å²) >= 11 is 1.17. The third kappa shape index (κ3) is 3.28. The molecule has 1 aromatic carbocycles. The Morgan fingerprint density at radius 1 is 1.35 bits per heavy atom. The Balaban J connectivity index is 1.79. The predicted octanol–water partition coefficient (Wildman–Crippen LogP) is 4.99. The van der Waals surface area contributed by atoms with Crippen molar-refractivity contribution in [3.63, 3.8) is 0 Å². The Morgan fingerprint density at radius 3 is 2.78 bits per heavy atom. The Morgan fingerprint density at radius 2 is 2.13 bits per heavy atom. The summed E-state index contributed by atoms with van der Waals surface area (Å²) in [5.74, 6) is 0.915. The van der Waals surface area contributed by atoms with Crippen molar-refractivity contribution in [2.75, 3.05) is 6.54 Å². The third-order valence-electron chi connectivity index (χ3n) is 4.02. The predicted molar refractivity (Wildman–Crippen MR) is 91.7 cm³/mol. The van der Waals surface area contributed by atoms with Gasteiger partial charge in [-0.2, -0.15) is 0 Å². The van der Waals surface area contributed by atoms with E-state index in [0.29, 0.717) is 6.54 Å². The maximum Gasteiger partial charge on any atom is 0.324 e. The smallest absolute Gasteiger partial charge is 0.324 e. The van der Waals surface area contributed by atoms with Gasteiger partial charge in [0.05, 0.1) is 11.0 Å². The lowest BCUT2D eigenvalue weighted by molar-refractivity contribution is -0.380. The lowest BCUT2D eigenvalue weighted by Gasteiger charge is -2.25. The molecule has 0 radical (unpaired) electrons. The van der Waals surface area contributed by atoms with Crippen LogP contribution in [0.4, 0.5) is 5.00 Å². The summed E-state index contributed by atoms with van der Waals surface area (Å²) in [4.78, 5) is 12.7. The van der Waals surface area contributed by atoms with E-state index >= 15 is 0 Å². The van der Waals surface area contributed by atoms with E-state index in [1.807, 2.05) is 29.6 Å². The molecule has 0 fully saturated rings. The number of fused-ring (bicyclic) bond motifs is 1. The Hall–Kier alpha value is -2.18. The first-order valence-electron chi connectivity index (χ1n) is 7.52. The van der Waals surface area contributed by atoms with Crippen molar-refractivity contribution in [3.05, 3.63) is 63.2 Å². The molecule has 6 heteroatoms. The fraction of sp³-hybridized carbons (Fsp3) is 0.294. The van der Waals surface area contributed by atoms with Gasteiger partial charge in [-0.1, -0.05) is 36.5 Å². The zero-order valence-electron chi connectivity index (χ0n) is 13.1. The van der Waals surface area contributed by atoms with Gasteiger partial charge in [0.25, 0.3) is 0 Å². The molecule has 0 aliphatic heterocycles. The van der Waals surface area contributed by atoms with Crippen LogP contribution in [-0.2, 0) is 6.54 Å². The Kier molecular flexibility index (Phi) is 4.45. The second kappa shape index (κ2) is 6.52. The monoisotopic (exact) mass is 330 g/mol. The molecule has 23 heavy (non-hydrogen) atoms. The van der Waals surface area contributed by atoms with Crippen LogP contribution in [0.15, 0.2) is 46.2 Å². The van der Waals surface area contributed by atoms with E-state index in [-0.39, 0.29) is 16.0 Å². The van der Waals surface area contributed by atoms with Crippen LogP contribution in [0.3, 0.4) is 0 Å². The van der Waals surface area contributed by atoms with Crippen LogP contribution in [0, 0.1) is 10.1 Å². The second-order valence-corrected chi connectivity index (χ2v) is 6.37. The zero-order chi connectivity index (χ0) is 16.4. The Bertz CT molecular complexity index is 791. The van der Waals surface area contributed by atoms with Crippen LogP contribution in [-0.4, -0.2) is 16.4 Å². The Labute approximate surface area is 138 Å². The lowest BCUT2D eigenvalue weighted by atomic mass is 10.1. The summed E-state index contributed by atoms with van der Waals surface area (Å²) in [6.45, 7) is 5.68. The van der Waals surface area contributed by atoms with Crippen LogP contribution in [0.25, 0.3) is 11.0 Å². The molecule has 0 aliphatic rings. The summed E-state index contributed by atoms with van der Waals surface area (Å²) in [5.41, 5.74) is 1.85. The fourth-order valence-electron chi connectivity index (χ4n) is 2.69. The summed E-state index contributed by atoms with van der Waals surface area (Å²) in [7, 11) is 0. The average molecular weight is 330 g/mol. The van der Waals surface area contributed by atoms with Crippen molar-refractivity contribution >= 4 is 27.3 Å². The summed E-state index contributed by atoms with van der Waals surface area (Å²) < 4.78 is 5.95. The van der Waals surface area contributed by atoms with E-state index < -0.39 is 0 Å². The molecule has 3 aromatic rings. The highest BCUT2D eigenvalue weighted by molar-refractivity contribution is 7.13. The highest BCUT2D eigenvalue weighted by Gasteiger charge is 2.20. The molecule has 5 nitrogen and oxygen atoms in total. The second-order valence-electron chi connectivity index (χ2n) is 5.48. The zero-order valence-corrected chi connectivity index (χ0v) is 13.9. The molecule has 2 heterocycles. The van der Waals surface area contributed by atoms with Crippen molar-refractivity contribution in [1.29, 1.82) is 0 Å². The van der Waals surface area contributed by atoms with Gasteiger partial charge in [-0.05, 0) is 31.2 Å². The van der Waals surface area contributed by atoms with E-state index in [2.05, 4.69) is 24.8 Å². The molecule has 0 aliphatic carbocycles. The number of hydrogen-bond donors (Lipinski definition) is 0. The van der Waals surface area contributed by atoms with Crippen molar-refractivity contribution in [2.45, 2.75) is 26.4 Å². The average Bonchev–Trinajstić information content (AvgIpc) is 3.18. The molecule has 0 unspecified atom stereocenters. The van der Waals surface area contributed by atoms with E-state index in [9.17, 15) is 10.1 Å². The minimum atomic E-state index is -0.340. The van der Waals surface area contributed by atoms with Gasteiger partial charge in [0.2, 0.25) is 0 Å². The van der Waals surface area contributed by atoms with Crippen molar-refractivity contribution in [2.24, 2.45) is 0 Å². The number of furan rings is 1. The molecule has 0 bridgehead atoms. The van der Waals surface area contributed by atoms with Crippen LogP contribution >= 0.6 is 11.3 Å².